The van der Waals surface area contributed by atoms with Crippen LogP contribution in [-0.4, -0.2) is 35.8 Å². The normalized spacial score (nSPS) is 23.6. The van der Waals surface area contributed by atoms with Gasteiger partial charge in [-0.05, 0) is 37.0 Å². The number of carbonyl (C=O) groups is 2. The van der Waals surface area contributed by atoms with Crippen LogP contribution in [0.2, 0.25) is 0 Å². The van der Waals surface area contributed by atoms with Crippen LogP contribution < -0.4 is 5.32 Å². The Hall–Kier alpha value is -1.91. The molecule has 0 spiro atoms. The molecular formula is C16H19FN2O2. The van der Waals surface area contributed by atoms with Crippen molar-refractivity contribution in [1.82, 2.24) is 10.2 Å². The van der Waals surface area contributed by atoms with Crippen LogP contribution in [0.4, 0.5) is 4.39 Å². The van der Waals surface area contributed by atoms with Gasteiger partial charge in [0.1, 0.15) is 11.9 Å². The molecule has 2 amide bonds. The highest BCUT2D eigenvalue weighted by atomic mass is 19.1. The minimum atomic E-state index is -0.543. The molecule has 2 fully saturated rings. The summed E-state index contributed by atoms with van der Waals surface area (Å²) in [4.78, 5) is 26.6. The second-order valence-electron chi connectivity index (χ2n) is 5.80. The van der Waals surface area contributed by atoms with E-state index in [0.717, 1.165) is 18.4 Å². The van der Waals surface area contributed by atoms with Crippen LogP contribution in [0.15, 0.2) is 24.3 Å². The van der Waals surface area contributed by atoms with E-state index in [0.29, 0.717) is 19.5 Å². The number of hydrogen-bond donors (Lipinski definition) is 1. The maximum atomic E-state index is 13.1. The lowest BCUT2D eigenvalue weighted by Gasteiger charge is -2.37. The SMILES string of the molecule is CCC1C(=O)NCCN1C(=O)C1(c2ccc(F)cc2)CC1. The fourth-order valence-electron chi connectivity index (χ4n) is 3.16. The first kappa shape index (κ1) is 14.0. The predicted octanol–water partition coefficient (Wildman–Crippen LogP) is 1.59. The van der Waals surface area contributed by atoms with Gasteiger partial charge < -0.3 is 10.2 Å². The molecule has 1 N–H and O–H groups in total. The Labute approximate surface area is 123 Å². The molecule has 112 valence electrons. The number of piperazine rings is 1. The first-order chi connectivity index (χ1) is 10.1. The Morgan fingerprint density at radius 3 is 2.62 bits per heavy atom. The summed E-state index contributed by atoms with van der Waals surface area (Å²) in [6, 6.07) is 5.77. The molecule has 1 unspecified atom stereocenters. The lowest BCUT2D eigenvalue weighted by atomic mass is 9.93. The highest BCUT2D eigenvalue weighted by molar-refractivity contribution is 5.96. The van der Waals surface area contributed by atoms with E-state index < -0.39 is 5.41 Å². The average molecular weight is 290 g/mol. The van der Waals surface area contributed by atoms with Crippen molar-refractivity contribution in [1.29, 1.82) is 0 Å². The van der Waals surface area contributed by atoms with Crippen molar-refractivity contribution in [2.75, 3.05) is 13.1 Å². The third-order valence-corrected chi connectivity index (χ3v) is 4.53. The molecule has 1 atom stereocenters. The van der Waals surface area contributed by atoms with E-state index in [2.05, 4.69) is 5.32 Å². The summed E-state index contributed by atoms with van der Waals surface area (Å²) in [6.45, 7) is 2.96. The number of rotatable bonds is 3. The summed E-state index contributed by atoms with van der Waals surface area (Å²) >= 11 is 0. The molecule has 2 aliphatic rings. The van der Waals surface area contributed by atoms with Gasteiger partial charge in [0.2, 0.25) is 11.8 Å². The minimum absolute atomic E-state index is 0.0100. The van der Waals surface area contributed by atoms with Gasteiger partial charge in [-0.2, -0.15) is 0 Å². The molecule has 1 aliphatic carbocycles. The fraction of sp³-hybridized carbons (Fsp3) is 0.500. The highest BCUT2D eigenvalue weighted by Crippen LogP contribution is 2.50. The maximum absolute atomic E-state index is 13.1. The second kappa shape index (κ2) is 5.13. The van der Waals surface area contributed by atoms with Crippen LogP contribution in [0.3, 0.4) is 0 Å². The third-order valence-electron chi connectivity index (χ3n) is 4.53. The van der Waals surface area contributed by atoms with E-state index in [4.69, 9.17) is 0 Å². The minimum Gasteiger partial charge on any atom is -0.353 e. The number of carbonyl (C=O) groups excluding carboxylic acids is 2. The molecular weight excluding hydrogens is 271 g/mol. The summed E-state index contributed by atoms with van der Waals surface area (Å²) < 4.78 is 13.1. The summed E-state index contributed by atoms with van der Waals surface area (Å²) in [5.41, 5.74) is 0.313. The Bertz CT molecular complexity index is 566. The lowest BCUT2D eigenvalue weighted by molar-refractivity contribution is -0.145. The van der Waals surface area contributed by atoms with Crippen molar-refractivity contribution in [2.45, 2.75) is 37.6 Å². The summed E-state index contributed by atoms with van der Waals surface area (Å²) in [6.07, 6.45) is 2.15. The molecule has 0 radical (unpaired) electrons. The number of nitrogens with zero attached hydrogens (tertiary/aromatic N) is 1. The van der Waals surface area contributed by atoms with Gasteiger partial charge in [-0.1, -0.05) is 19.1 Å². The van der Waals surface area contributed by atoms with Crippen LogP contribution in [0.1, 0.15) is 31.7 Å². The zero-order valence-corrected chi connectivity index (χ0v) is 12.1. The smallest absolute Gasteiger partial charge is 0.242 e. The topological polar surface area (TPSA) is 49.4 Å². The van der Waals surface area contributed by atoms with Gasteiger partial charge in [0.25, 0.3) is 0 Å². The molecule has 1 heterocycles. The zero-order chi connectivity index (χ0) is 15.0. The Morgan fingerprint density at radius 1 is 1.38 bits per heavy atom. The Balaban J connectivity index is 1.87. The molecule has 5 heteroatoms. The van der Waals surface area contributed by atoms with Crippen LogP contribution in [0.5, 0.6) is 0 Å². The Morgan fingerprint density at radius 2 is 2.05 bits per heavy atom. The highest BCUT2D eigenvalue weighted by Gasteiger charge is 2.54. The summed E-state index contributed by atoms with van der Waals surface area (Å²) in [7, 11) is 0. The quantitative estimate of drug-likeness (QED) is 0.919. The summed E-state index contributed by atoms with van der Waals surface area (Å²) in [5, 5.41) is 2.80. The number of amides is 2. The average Bonchev–Trinajstić information content (AvgIpc) is 3.28. The molecule has 1 saturated heterocycles. The second-order valence-corrected chi connectivity index (χ2v) is 5.80. The third kappa shape index (κ3) is 2.30. The molecule has 1 aromatic carbocycles. The van der Waals surface area contributed by atoms with Crippen molar-refractivity contribution >= 4 is 11.8 Å². The van der Waals surface area contributed by atoms with E-state index in [1.807, 2.05) is 6.92 Å². The zero-order valence-electron chi connectivity index (χ0n) is 12.1. The van der Waals surface area contributed by atoms with Gasteiger partial charge in [-0.3, -0.25) is 9.59 Å². The van der Waals surface area contributed by atoms with Gasteiger partial charge >= 0.3 is 0 Å². The van der Waals surface area contributed by atoms with E-state index in [9.17, 15) is 14.0 Å². The van der Waals surface area contributed by atoms with Crippen LogP contribution in [-0.2, 0) is 15.0 Å². The van der Waals surface area contributed by atoms with E-state index in [-0.39, 0.29) is 23.7 Å². The van der Waals surface area contributed by atoms with Gasteiger partial charge in [0, 0.05) is 13.1 Å². The Kier molecular flexibility index (Phi) is 3.43. The molecule has 1 aromatic rings. The van der Waals surface area contributed by atoms with Crippen LogP contribution in [0.25, 0.3) is 0 Å². The lowest BCUT2D eigenvalue weighted by Crippen LogP contribution is -2.59. The number of benzene rings is 1. The maximum Gasteiger partial charge on any atom is 0.242 e. The molecule has 0 bridgehead atoms. The first-order valence-corrected chi connectivity index (χ1v) is 7.43. The van der Waals surface area contributed by atoms with E-state index in [1.54, 1.807) is 17.0 Å². The van der Waals surface area contributed by atoms with E-state index >= 15 is 0 Å². The number of halogens is 1. The van der Waals surface area contributed by atoms with Crippen molar-refractivity contribution < 1.29 is 14.0 Å². The van der Waals surface area contributed by atoms with Gasteiger partial charge in [-0.15, -0.1) is 0 Å². The molecule has 3 rings (SSSR count). The molecule has 1 saturated carbocycles. The standard InChI is InChI=1S/C16H19FN2O2/c1-2-13-14(20)18-9-10-19(13)15(21)16(7-8-16)11-3-5-12(17)6-4-11/h3-6,13H,2,7-10H2,1H3,(H,18,20). The van der Waals surface area contributed by atoms with Crippen LogP contribution in [0, 0.1) is 5.82 Å². The van der Waals surface area contributed by atoms with Crippen LogP contribution >= 0.6 is 0 Å². The molecule has 21 heavy (non-hydrogen) atoms. The fourth-order valence-corrected chi connectivity index (χ4v) is 3.16. The summed E-state index contributed by atoms with van der Waals surface area (Å²) in [5.74, 6) is -0.367. The van der Waals surface area contributed by atoms with Gasteiger partial charge in [0.05, 0.1) is 5.41 Å². The molecule has 1 aliphatic heterocycles. The first-order valence-electron chi connectivity index (χ1n) is 7.43. The molecule has 4 nitrogen and oxygen atoms in total. The van der Waals surface area contributed by atoms with E-state index in [1.165, 1.54) is 12.1 Å². The van der Waals surface area contributed by atoms with Crippen molar-refractivity contribution in [3.05, 3.63) is 35.6 Å². The predicted molar refractivity (Wildman–Crippen MR) is 76.1 cm³/mol. The number of hydrogen-bond acceptors (Lipinski definition) is 2. The van der Waals surface area contributed by atoms with Gasteiger partial charge in [-0.25, -0.2) is 4.39 Å². The van der Waals surface area contributed by atoms with Crippen molar-refractivity contribution in [3.63, 3.8) is 0 Å². The molecule has 0 aromatic heterocycles. The van der Waals surface area contributed by atoms with Crippen molar-refractivity contribution in [3.8, 4) is 0 Å². The monoisotopic (exact) mass is 290 g/mol. The van der Waals surface area contributed by atoms with Gasteiger partial charge in [0.15, 0.2) is 0 Å². The number of nitrogens with one attached hydrogen (secondary N) is 1. The van der Waals surface area contributed by atoms with Crippen molar-refractivity contribution in [2.24, 2.45) is 0 Å². The largest absolute Gasteiger partial charge is 0.353 e.